The Balaban J connectivity index is 2.38. The minimum Gasteiger partial charge on any atom is -0.324 e. The summed E-state index contributed by atoms with van der Waals surface area (Å²) >= 11 is 10.3. The molecule has 3 nitrogen and oxygen atoms in total. The van der Waals surface area contributed by atoms with Crippen LogP contribution in [0.2, 0.25) is 0 Å². The Hall–Kier alpha value is 1.32. The smallest absolute Gasteiger partial charge is 0.163 e. The van der Waals surface area contributed by atoms with Crippen molar-refractivity contribution in [3.8, 4) is 0 Å². The summed E-state index contributed by atoms with van der Waals surface area (Å²) in [6, 6.07) is 0. The van der Waals surface area contributed by atoms with Gasteiger partial charge in [0.05, 0.1) is 0 Å². The fourth-order valence-corrected chi connectivity index (χ4v) is 2.72. The second kappa shape index (κ2) is 11.0. The van der Waals surface area contributed by atoms with E-state index in [-0.39, 0.29) is 18.9 Å². The highest BCUT2D eigenvalue weighted by atomic mass is 79.9. The Morgan fingerprint density at radius 2 is 0.833 bits per heavy atom. The molecular weight excluding hydrogens is 432 g/mol. The van der Waals surface area contributed by atoms with Gasteiger partial charge in [-0.25, -0.2) is 0 Å². The molecule has 0 amide bonds. The maximum Gasteiger partial charge on any atom is 0.163 e. The number of rotatable bonds is 9. The summed E-state index contributed by atoms with van der Waals surface area (Å²) in [6.07, 6.45) is 5.59. The topological polar surface area (TPSA) is 27.7 Å². The van der Waals surface area contributed by atoms with Crippen molar-refractivity contribution < 1.29 is 14.2 Å². The van der Waals surface area contributed by atoms with Crippen LogP contribution in [0.5, 0.6) is 0 Å². The molecule has 108 valence electrons. The molecule has 1 aliphatic rings. The minimum atomic E-state index is -0.114. The summed E-state index contributed by atoms with van der Waals surface area (Å²) in [5.74, 6) is 0. The summed E-state index contributed by atoms with van der Waals surface area (Å²) in [5, 5.41) is 2.94. The van der Waals surface area contributed by atoms with Crippen LogP contribution in [0.4, 0.5) is 0 Å². The molecule has 0 aromatic rings. The van der Waals surface area contributed by atoms with Crippen LogP contribution in [0.25, 0.3) is 0 Å². The second-order valence-electron chi connectivity index (χ2n) is 4.19. The van der Waals surface area contributed by atoms with Crippen LogP contribution in [0.1, 0.15) is 38.5 Å². The van der Waals surface area contributed by atoms with E-state index in [1.165, 1.54) is 0 Å². The highest BCUT2D eigenvalue weighted by Crippen LogP contribution is 2.24. The SMILES string of the molecule is BrCCCC1OC(CCCBr)OC(CCCBr)O1. The van der Waals surface area contributed by atoms with E-state index in [2.05, 4.69) is 47.8 Å². The van der Waals surface area contributed by atoms with Gasteiger partial charge in [0.25, 0.3) is 0 Å². The van der Waals surface area contributed by atoms with Crippen molar-refractivity contribution in [2.45, 2.75) is 57.4 Å². The predicted octanol–water partition coefficient (Wildman–Crippen LogP) is 4.55. The van der Waals surface area contributed by atoms with Crippen molar-refractivity contribution in [2.24, 2.45) is 0 Å². The average molecular weight is 453 g/mol. The molecule has 0 aromatic carbocycles. The van der Waals surface area contributed by atoms with E-state index in [9.17, 15) is 0 Å². The number of ether oxygens (including phenoxy) is 3. The minimum absolute atomic E-state index is 0.114. The summed E-state index contributed by atoms with van der Waals surface area (Å²) in [7, 11) is 0. The Kier molecular flexibility index (Phi) is 10.6. The van der Waals surface area contributed by atoms with Crippen LogP contribution in [-0.4, -0.2) is 34.9 Å². The van der Waals surface area contributed by atoms with E-state index in [0.717, 1.165) is 54.5 Å². The number of halogens is 3. The molecule has 0 unspecified atom stereocenters. The third-order valence-corrected chi connectivity index (χ3v) is 4.31. The van der Waals surface area contributed by atoms with Crippen LogP contribution in [0, 0.1) is 0 Å². The molecule has 1 heterocycles. The van der Waals surface area contributed by atoms with Crippen molar-refractivity contribution >= 4 is 47.8 Å². The molecule has 6 heteroatoms. The van der Waals surface area contributed by atoms with E-state index in [1.807, 2.05) is 0 Å². The van der Waals surface area contributed by atoms with E-state index >= 15 is 0 Å². The fourth-order valence-electron chi connectivity index (χ4n) is 1.74. The summed E-state index contributed by atoms with van der Waals surface area (Å²) in [4.78, 5) is 0. The van der Waals surface area contributed by atoms with Gasteiger partial charge in [-0.2, -0.15) is 0 Å². The van der Waals surface area contributed by atoms with Gasteiger partial charge in [-0.3, -0.25) is 0 Å². The summed E-state index contributed by atoms with van der Waals surface area (Å²) < 4.78 is 17.4. The van der Waals surface area contributed by atoms with Crippen LogP contribution in [0.15, 0.2) is 0 Å². The van der Waals surface area contributed by atoms with Gasteiger partial charge in [0.15, 0.2) is 18.9 Å². The Labute approximate surface area is 135 Å². The standard InChI is InChI=1S/C12H21Br3O3/c13-7-1-4-10-16-11(5-2-8-14)18-12(17-10)6-3-9-15/h10-12H,1-9H2. The molecule has 1 saturated heterocycles. The van der Waals surface area contributed by atoms with Gasteiger partial charge < -0.3 is 14.2 Å². The molecule has 18 heavy (non-hydrogen) atoms. The van der Waals surface area contributed by atoms with Gasteiger partial charge in [0, 0.05) is 16.0 Å². The number of hydrogen-bond donors (Lipinski definition) is 0. The zero-order valence-corrected chi connectivity index (χ0v) is 15.2. The normalized spacial score (nSPS) is 28.5. The highest BCUT2D eigenvalue weighted by Gasteiger charge is 2.29. The summed E-state index contributed by atoms with van der Waals surface area (Å²) in [6.45, 7) is 0. The van der Waals surface area contributed by atoms with Gasteiger partial charge in [0.2, 0.25) is 0 Å². The highest BCUT2D eigenvalue weighted by molar-refractivity contribution is 9.09. The van der Waals surface area contributed by atoms with Gasteiger partial charge in [0.1, 0.15) is 0 Å². The van der Waals surface area contributed by atoms with Crippen molar-refractivity contribution in [2.75, 3.05) is 16.0 Å². The van der Waals surface area contributed by atoms with Crippen LogP contribution >= 0.6 is 47.8 Å². The Bertz CT molecular complexity index is 168. The maximum absolute atomic E-state index is 5.80. The Morgan fingerprint density at radius 3 is 1.06 bits per heavy atom. The molecule has 1 aliphatic heterocycles. The molecule has 0 atom stereocenters. The molecule has 0 aliphatic carbocycles. The molecule has 0 radical (unpaired) electrons. The molecule has 1 rings (SSSR count). The first-order chi connectivity index (χ1) is 8.80. The molecular formula is C12H21Br3O3. The van der Waals surface area contributed by atoms with E-state index in [0.29, 0.717) is 0 Å². The van der Waals surface area contributed by atoms with Crippen molar-refractivity contribution in [1.82, 2.24) is 0 Å². The van der Waals surface area contributed by atoms with E-state index in [4.69, 9.17) is 14.2 Å². The van der Waals surface area contributed by atoms with Crippen LogP contribution in [0.3, 0.4) is 0 Å². The van der Waals surface area contributed by atoms with E-state index < -0.39 is 0 Å². The summed E-state index contributed by atoms with van der Waals surface area (Å²) in [5.41, 5.74) is 0. The quantitative estimate of drug-likeness (QED) is 0.480. The van der Waals surface area contributed by atoms with Gasteiger partial charge in [-0.05, 0) is 38.5 Å². The third-order valence-electron chi connectivity index (χ3n) is 2.63. The monoisotopic (exact) mass is 450 g/mol. The third kappa shape index (κ3) is 7.20. The van der Waals surface area contributed by atoms with Crippen LogP contribution in [-0.2, 0) is 14.2 Å². The molecule has 0 spiro atoms. The van der Waals surface area contributed by atoms with Crippen molar-refractivity contribution in [3.05, 3.63) is 0 Å². The zero-order chi connectivity index (χ0) is 13.2. The maximum atomic E-state index is 5.80. The number of alkyl halides is 3. The molecule has 0 saturated carbocycles. The first kappa shape index (κ1) is 17.4. The zero-order valence-electron chi connectivity index (χ0n) is 10.5. The molecule has 1 fully saturated rings. The lowest BCUT2D eigenvalue weighted by atomic mass is 10.2. The van der Waals surface area contributed by atoms with E-state index in [1.54, 1.807) is 0 Å². The molecule has 0 aromatic heterocycles. The van der Waals surface area contributed by atoms with Crippen molar-refractivity contribution in [1.29, 1.82) is 0 Å². The second-order valence-corrected chi connectivity index (χ2v) is 6.57. The largest absolute Gasteiger partial charge is 0.324 e. The first-order valence-corrected chi connectivity index (χ1v) is 9.81. The average Bonchev–Trinajstić information content (AvgIpc) is 2.40. The van der Waals surface area contributed by atoms with Gasteiger partial charge in [-0.15, -0.1) is 0 Å². The molecule has 0 N–H and O–H groups in total. The lowest BCUT2D eigenvalue weighted by Gasteiger charge is -2.36. The van der Waals surface area contributed by atoms with Crippen molar-refractivity contribution in [3.63, 3.8) is 0 Å². The Morgan fingerprint density at radius 1 is 0.556 bits per heavy atom. The number of hydrogen-bond acceptors (Lipinski definition) is 3. The van der Waals surface area contributed by atoms with Gasteiger partial charge in [-0.1, -0.05) is 47.8 Å². The fraction of sp³-hybridized carbons (Fsp3) is 1.00. The van der Waals surface area contributed by atoms with Gasteiger partial charge >= 0.3 is 0 Å². The lowest BCUT2D eigenvalue weighted by Crippen LogP contribution is -2.40. The first-order valence-electron chi connectivity index (χ1n) is 6.44. The molecule has 0 bridgehead atoms. The van der Waals surface area contributed by atoms with Crippen LogP contribution < -0.4 is 0 Å². The predicted molar refractivity (Wildman–Crippen MR) is 83.7 cm³/mol. The lowest BCUT2D eigenvalue weighted by molar-refractivity contribution is -0.385.